The Morgan fingerprint density at radius 3 is 1.07 bits per heavy atom. The zero-order valence-electron chi connectivity index (χ0n) is 43.2. The lowest BCUT2D eigenvalue weighted by molar-refractivity contribution is -0.161. The third-order valence-corrected chi connectivity index (χ3v) is 11.0. The number of aliphatic hydroxyl groups is 1. The summed E-state index contributed by atoms with van der Waals surface area (Å²) in [5.74, 6) is -1.62. The topological polar surface area (TPSA) is 155 Å². The first kappa shape index (κ1) is 65.6. The Labute approximate surface area is 423 Å². The molecule has 3 atom stereocenters. The monoisotopic (exact) mass is 995 g/mol. The predicted octanol–water partition coefficient (Wildman–Crippen LogP) is 15.0. The van der Waals surface area contributed by atoms with Gasteiger partial charge in [0.2, 0.25) is 0 Å². The van der Waals surface area contributed by atoms with Gasteiger partial charge in [0.15, 0.2) is 6.10 Å². The summed E-state index contributed by atoms with van der Waals surface area (Å²) in [5.41, 5.74) is 0. The quantitative estimate of drug-likeness (QED) is 0.0197. The summed E-state index contributed by atoms with van der Waals surface area (Å²) in [4.78, 5) is 48.3. The first-order valence-electron chi connectivity index (χ1n) is 26.1. The largest absolute Gasteiger partial charge is 0.472 e. The minimum Gasteiger partial charge on any atom is -0.462 e. The summed E-state index contributed by atoms with van der Waals surface area (Å²) >= 11 is 0. The molecule has 70 heavy (non-hydrogen) atoms. The number of rotatable bonds is 46. The minimum absolute atomic E-state index is 0.0975. The van der Waals surface area contributed by atoms with Gasteiger partial charge in [-0.2, -0.15) is 0 Å². The number of esters is 3. The van der Waals surface area contributed by atoms with Crippen molar-refractivity contribution in [1.29, 1.82) is 0 Å². The van der Waals surface area contributed by atoms with Gasteiger partial charge in [0.25, 0.3) is 0 Å². The van der Waals surface area contributed by atoms with Crippen molar-refractivity contribution in [3.8, 4) is 0 Å². The lowest BCUT2D eigenvalue weighted by Gasteiger charge is -2.21. The molecule has 0 spiro atoms. The van der Waals surface area contributed by atoms with E-state index < -0.39 is 57.8 Å². The molecule has 0 bridgehead atoms. The van der Waals surface area contributed by atoms with Crippen LogP contribution in [-0.4, -0.2) is 66.5 Å². The van der Waals surface area contributed by atoms with E-state index in [2.05, 4.69) is 154 Å². The molecule has 0 aliphatic heterocycles. The molecule has 0 aliphatic rings. The molecule has 0 saturated heterocycles. The normalized spacial score (nSPS) is 14.5. The number of unbranched alkanes of at least 4 members (excludes halogenated alkanes) is 7. The second-order valence-corrected chi connectivity index (χ2v) is 18.0. The third kappa shape index (κ3) is 48.6. The van der Waals surface area contributed by atoms with Crippen molar-refractivity contribution in [2.45, 2.75) is 187 Å². The van der Waals surface area contributed by atoms with Crippen molar-refractivity contribution in [3.63, 3.8) is 0 Å². The smallest absolute Gasteiger partial charge is 0.462 e. The number of hydrogen-bond donors (Lipinski definition) is 2. The van der Waals surface area contributed by atoms with Gasteiger partial charge in [-0.15, -0.1) is 0 Å². The number of phosphoric ester groups is 1. The highest BCUT2D eigenvalue weighted by atomic mass is 31.2. The van der Waals surface area contributed by atoms with Crippen LogP contribution in [0, 0.1) is 0 Å². The summed E-state index contributed by atoms with van der Waals surface area (Å²) in [6, 6.07) is 0. The molecule has 0 aromatic carbocycles. The zero-order valence-corrected chi connectivity index (χ0v) is 44.1. The van der Waals surface area contributed by atoms with Crippen molar-refractivity contribution in [2.75, 3.05) is 26.4 Å². The van der Waals surface area contributed by atoms with Crippen LogP contribution in [-0.2, 0) is 42.2 Å². The van der Waals surface area contributed by atoms with E-state index in [4.69, 9.17) is 23.3 Å². The van der Waals surface area contributed by atoms with Crippen LogP contribution in [0.1, 0.15) is 175 Å². The van der Waals surface area contributed by atoms with E-state index in [1.807, 2.05) is 0 Å². The van der Waals surface area contributed by atoms with Crippen molar-refractivity contribution in [2.24, 2.45) is 0 Å². The van der Waals surface area contributed by atoms with Crippen LogP contribution in [0.15, 0.2) is 134 Å². The molecule has 0 radical (unpaired) electrons. The summed E-state index contributed by atoms with van der Waals surface area (Å²) in [6.45, 7) is 4.12. The van der Waals surface area contributed by atoms with E-state index in [1.165, 1.54) is 0 Å². The highest BCUT2D eigenvalue weighted by Crippen LogP contribution is 2.43. The minimum atomic E-state index is -4.78. The summed E-state index contributed by atoms with van der Waals surface area (Å²) in [5, 5.41) is 9.78. The van der Waals surface area contributed by atoms with Gasteiger partial charge in [-0.05, 0) is 128 Å². The number of ether oxygens (including phenoxy) is 3. The molecule has 0 saturated carbocycles. The van der Waals surface area contributed by atoms with E-state index in [1.54, 1.807) is 0 Å². The average Bonchev–Trinajstić information content (AvgIpc) is 3.35. The van der Waals surface area contributed by atoms with E-state index in [0.29, 0.717) is 19.3 Å². The number of allylic oxidation sites excluding steroid dienone is 22. The Bertz CT molecular complexity index is 1680. The molecule has 0 amide bonds. The van der Waals surface area contributed by atoms with E-state index in [9.17, 15) is 28.9 Å². The highest BCUT2D eigenvalue weighted by molar-refractivity contribution is 7.47. The molecular formula is C58H91O11P. The van der Waals surface area contributed by atoms with E-state index >= 15 is 0 Å². The fourth-order valence-corrected chi connectivity index (χ4v) is 6.96. The van der Waals surface area contributed by atoms with Crippen molar-refractivity contribution >= 4 is 25.7 Å². The molecule has 0 rings (SSSR count). The van der Waals surface area contributed by atoms with Gasteiger partial charge < -0.3 is 24.2 Å². The van der Waals surface area contributed by atoms with Crippen LogP contribution in [0.5, 0.6) is 0 Å². The molecule has 0 aromatic heterocycles. The molecule has 0 aromatic rings. The second kappa shape index (κ2) is 51.0. The molecule has 0 heterocycles. The average molecular weight is 995 g/mol. The Morgan fingerprint density at radius 2 is 0.700 bits per heavy atom. The van der Waals surface area contributed by atoms with Crippen LogP contribution in [0.4, 0.5) is 0 Å². The van der Waals surface area contributed by atoms with Gasteiger partial charge >= 0.3 is 25.7 Å². The van der Waals surface area contributed by atoms with Crippen molar-refractivity contribution < 1.29 is 52.2 Å². The van der Waals surface area contributed by atoms with Crippen LogP contribution in [0.25, 0.3) is 0 Å². The lowest BCUT2D eigenvalue weighted by atomic mass is 10.1. The molecule has 394 valence electrons. The SMILES string of the molecule is CC/C=C\C/C=C\C/C=C\C/C=C\CCCCC(=O)OC(CO)COP(=O)(O)OCC(COC(=O)CCCCC/C=C\C/C=C\C/C=C\CC)OC(=O)CCCC/C=C\C/C=C\C/C=C\C/C=C\CC. The van der Waals surface area contributed by atoms with Crippen LogP contribution in [0.3, 0.4) is 0 Å². The fraction of sp³-hybridized carbons (Fsp3) is 0.569. The molecule has 0 fully saturated rings. The van der Waals surface area contributed by atoms with Gasteiger partial charge in [-0.1, -0.05) is 161 Å². The van der Waals surface area contributed by atoms with Crippen molar-refractivity contribution in [3.05, 3.63) is 134 Å². The van der Waals surface area contributed by atoms with Crippen molar-refractivity contribution in [1.82, 2.24) is 0 Å². The van der Waals surface area contributed by atoms with Gasteiger partial charge in [0, 0.05) is 19.3 Å². The third-order valence-electron chi connectivity index (χ3n) is 10.1. The summed E-state index contributed by atoms with van der Waals surface area (Å²) in [6.07, 6.45) is 62.9. The fourth-order valence-electron chi connectivity index (χ4n) is 6.17. The Balaban J connectivity index is 4.90. The maximum Gasteiger partial charge on any atom is 0.472 e. The first-order chi connectivity index (χ1) is 34.2. The second-order valence-electron chi connectivity index (χ2n) is 16.5. The zero-order chi connectivity index (χ0) is 51.3. The van der Waals surface area contributed by atoms with Gasteiger partial charge in [0.1, 0.15) is 12.7 Å². The Hall–Kier alpha value is -4.38. The number of carbonyl (C=O) groups excluding carboxylic acids is 3. The van der Waals surface area contributed by atoms with Crippen LogP contribution < -0.4 is 0 Å². The highest BCUT2D eigenvalue weighted by Gasteiger charge is 2.28. The summed E-state index contributed by atoms with van der Waals surface area (Å²) < 4.78 is 39.3. The Morgan fingerprint density at radius 1 is 0.400 bits per heavy atom. The van der Waals surface area contributed by atoms with Gasteiger partial charge in [-0.25, -0.2) is 4.57 Å². The van der Waals surface area contributed by atoms with E-state index in [0.717, 1.165) is 116 Å². The molecular weight excluding hydrogens is 904 g/mol. The first-order valence-corrected chi connectivity index (χ1v) is 27.6. The number of phosphoric acid groups is 1. The van der Waals surface area contributed by atoms with Gasteiger partial charge in [0.05, 0.1) is 19.8 Å². The summed E-state index contributed by atoms with van der Waals surface area (Å²) in [7, 11) is -4.78. The lowest BCUT2D eigenvalue weighted by Crippen LogP contribution is -2.30. The number of hydrogen-bond acceptors (Lipinski definition) is 10. The molecule has 0 aliphatic carbocycles. The molecule has 3 unspecified atom stereocenters. The maximum atomic E-state index is 12.9. The predicted molar refractivity (Wildman–Crippen MR) is 288 cm³/mol. The maximum absolute atomic E-state index is 12.9. The van der Waals surface area contributed by atoms with Gasteiger partial charge in [-0.3, -0.25) is 23.4 Å². The molecule has 11 nitrogen and oxygen atoms in total. The molecule has 12 heteroatoms. The van der Waals surface area contributed by atoms with E-state index in [-0.39, 0.29) is 25.9 Å². The number of carbonyl (C=O) groups is 3. The van der Waals surface area contributed by atoms with Crippen LogP contribution >= 0.6 is 7.82 Å². The number of aliphatic hydroxyl groups excluding tert-OH is 1. The standard InChI is InChI=1S/C58H91O11P/c1-4-7-10-13-16-19-22-25-27-30-33-36-39-42-45-48-57(61)68-54(50-59)52-66-70(63,64)67-53-55(51-65-56(60)47-44-41-38-35-32-29-24-21-18-15-12-9-6-3)69-58(62)49-46-43-40-37-34-31-28-26-23-20-17-14-11-8-5-2/h7-12,16-21,25-29,32-34,36-37,54-55,59H,4-6,13-15,22-24,30-31,35,38-53H2,1-3H3,(H,63,64)/b10-7-,11-8-,12-9-,19-16-,20-17-,21-18-,27-25-,28-26-,32-29-,36-33-,37-34-. The Kier molecular flexibility index (Phi) is 47.8. The van der Waals surface area contributed by atoms with Crippen LogP contribution in [0.2, 0.25) is 0 Å². The molecule has 2 N–H and O–H groups in total.